The van der Waals surface area contributed by atoms with Crippen LogP contribution in [0.4, 0.5) is 13.2 Å². The Morgan fingerprint density at radius 3 is 2.46 bits per heavy atom. The van der Waals surface area contributed by atoms with Gasteiger partial charge in [-0.2, -0.15) is 0 Å². The van der Waals surface area contributed by atoms with Gasteiger partial charge >= 0.3 is 6.36 Å². The maximum atomic E-state index is 12.2. The monoisotopic (exact) mass is 394 g/mol. The van der Waals surface area contributed by atoms with E-state index in [1.165, 1.54) is 12.1 Å². The second-order valence-electron chi connectivity index (χ2n) is 6.79. The van der Waals surface area contributed by atoms with Crippen molar-refractivity contribution >= 4 is 0 Å². The minimum atomic E-state index is -4.66. The molecule has 1 fully saturated rings. The van der Waals surface area contributed by atoms with Crippen LogP contribution in [0.2, 0.25) is 0 Å². The molecule has 0 amide bonds. The van der Waals surface area contributed by atoms with E-state index in [2.05, 4.69) is 15.0 Å². The van der Waals surface area contributed by atoms with Crippen LogP contribution >= 0.6 is 0 Å². The summed E-state index contributed by atoms with van der Waals surface area (Å²) < 4.78 is 46.5. The number of nitrogens with one attached hydrogen (secondary N) is 1. The molecule has 4 nitrogen and oxygen atoms in total. The predicted octanol–water partition coefficient (Wildman–Crippen LogP) is 3.87. The van der Waals surface area contributed by atoms with Crippen molar-refractivity contribution in [1.82, 2.24) is 10.2 Å². The lowest BCUT2D eigenvalue weighted by molar-refractivity contribution is -0.274. The molecule has 1 heterocycles. The van der Waals surface area contributed by atoms with E-state index in [4.69, 9.17) is 4.74 Å². The lowest BCUT2D eigenvalue weighted by Gasteiger charge is -2.36. The Morgan fingerprint density at radius 2 is 1.75 bits per heavy atom. The van der Waals surface area contributed by atoms with E-state index < -0.39 is 6.36 Å². The van der Waals surface area contributed by atoms with Crippen molar-refractivity contribution in [1.29, 1.82) is 0 Å². The number of alkyl halides is 3. The Labute approximate surface area is 163 Å². The van der Waals surface area contributed by atoms with E-state index in [9.17, 15) is 13.2 Å². The lowest BCUT2D eigenvalue weighted by Crippen LogP contribution is -2.52. The third kappa shape index (κ3) is 6.73. The van der Waals surface area contributed by atoms with Gasteiger partial charge in [-0.3, -0.25) is 4.90 Å². The summed E-state index contributed by atoms with van der Waals surface area (Å²) in [6.07, 6.45) is -2.96. The van der Waals surface area contributed by atoms with Crippen molar-refractivity contribution in [3.05, 3.63) is 60.2 Å². The first-order valence-corrected chi connectivity index (χ1v) is 9.47. The van der Waals surface area contributed by atoms with Crippen LogP contribution in [0.5, 0.6) is 11.5 Å². The lowest BCUT2D eigenvalue weighted by atomic mass is 10.1. The molecule has 0 aromatic heterocycles. The summed E-state index contributed by atoms with van der Waals surface area (Å²) >= 11 is 0. The molecule has 1 aliphatic rings. The number of para-hydroxylation sites is 1. The molecule has 1 N–H and O–H groups in total. The number of piperazine rings is 1. The maximum Gasteiger partial charge on any atom is 0.573 e. The smallest absolute Gasteiger partial charge is 0.494 e. The molecule has 7 heteroatoms. The molecule has 1 atom stereocenters. The highest BCUT2D eigenvalue weighted by Gasteiger charge is 2.31. The number of rotatable bonds is 8. The molecule has 0 saturated carbocycles. The Kier molecular flexibility index (Phi) is 7.17. The number of halogens is 3. The Morgan fingerprint density at radius 1 is 1.00 bits per heavy atom. The minimum Gasteiger partial charge on any atom is -0.494 e. The Bertz CT molecular complexity index is 708. The first kappa shape index (κ1) is 20.5. The molecule has 0 spiro atoms. The SMILES string of the molecule is FC(F)(F)Oc1ccc(CCN2CCNCC2CCOc2ccccc2)cc1. The van der Waals surface area contributed by atoms with Crippen molar-refractivity contribution in [3.63, 3.8) is 0 Å². The van der Waals surface area contributed by atoms with Crippen LogP contribution in [0, 0.1) is 0 Å². The zero-order chi connectivity index (χ0) is 19.8. The molecule has 3 rings (SSSR count). The van der Waals surface area contributed by atoms with Gasteiger partial charge in [-0.05, 0) is 42.7 Å². The van der Waals surface area contributed by atoms with Gasteiger partial charge in [0.1, 0.15) is 11.5 Å². The third-order valence-corrected chi connectivity index (χ3v) is 4.78. The number of nitrogens with zero attached hydrogens (tertiary/aromatic N) is 1. The molecule has 28 heavy (non-hydrogen) atoms. The number of benzene rings is 2. The van der Waals surface area contributed by atoms with Crippen molar-refractivity contribution in [3.8, 4) is 11.5 Å². The highest BCUT2D eigenvalue weighted by molar-refractivity contribution is 5.27. The van der Waals surface area contributed by atoms with E-state index in [1.54, 1.807) is 12.1 Å². The standard InChI is InChI=1S/C21H25F3N2O2/c22-21(23,24)28-20-8-6-17(7-9-20)10-13-26-14-12-25-16-18(26)11-15-27-19-4-2-1-3-5-19/h1-9,18,25H,10-16H2. The number of ether oxygens (including phenoxy) is 2. The summed E-state index contributed by atoms with van der Waals surface area (Å²) in [7, 11) is 0. The van der Waals surface area contributed by atoms with Crippen LogP contribution in [0.1, 0.15) is 12.0 Å². The quantitative estimate of drug-likeness (QED) is 0.737. The molecule has 0 bridgehead atoms. The summed E-state index contributed by atoms with van der Waals surface area (Å²) in [5.74, 6) is 0.688. The van der Waals surface area contributed by atoms with Crippen LogP contribution in [-0.4, -0.2) is 50.1 Å². The second-order valence-corrected chi connectivity index (χ2v) is 6.79. The van der Waals surface area contributed by atoms with Crippen molar-refractivity contribution in [2.75, 3.05) is 32.8 Å². The van der Waals surface area contributed by atoms with Gasteiger partial charge in [0, 0.05) is 32.2 Å². The zero-order valence-electron chi connectivity index (χ0n) is 15.6. The van der Waals surface area contributed by atoms with E-state index in [0.717, 1.165) is 50.3 Å². The third-order valence-electron chi connectivity index (χ3n) is 4.78. The normalized spacial score (nSPS) is 18.0. The molecule has 2 aromatic rings. The Hall–Kier alpha value is -2.25. The maximum absolute atomic E-state index is 12.2. The number of hydrogen-bond acceptors (Lipinski definition) is 4. The zero-order valence-corrected chi connectivity index (χ0v) is 15.6. The van der Waals surface area contributed by atoms with Crippen LogP contribution in [0.15, 0.2) is 54.6 Å². The van der Waals surface area contributed by atoms with Gasteiger partial charge in [-0.25, -0.2) is 0 Å². The molecule has 0 aliphatic carbocycles. The van der Waals surface area contributed by atoms with Gasteiger partial charge < -0.3 is 14.8 Å². The molecule has 1 aliphatic heterocycles. The Balaban J connectivity index is 1.46. The molecule has 2 aromatic carbocycles. The van der Waals surface area contributed by atoms with E-state index in [1.807, 2.05) is 30.3 Å². The van der Waals surface area contributed by atoms with Crippen LogP contribution in [0.3, 0.4) is 0 Å². The average Bonchev–Trinajstić information content (AvgIpc) is 2.68. The fourth-order valence-corrected chi connectivity index (χ4v) is 3.34. The van der Waals surface area contributed by atoms with Gasteiger partial charge in [0.25, 0.3) is 0 Å². The second kappa shape index (κ2) is 9.80. The topological polar surface area (TPSA) is 33.7 Å². The van der Waals surface area contributed by atoms with Crippen LogP contribution < -0.4 is 14.8 Å². The van der Waals surface area contributed by atoms with Gasteiger partial charge in [0.15, 0.2) is 0 Å². The van der Waals surface area contributed by atoms with Crippen molar-refractivity contribution in [2.45, 2.75) is 25.2 Å². The van der Waals surface area contributed by atoms with Gasteiger partial charge in [-0.1, -0.05) is 30.3 Å². The molecule has 0 radical (unpaired) electrons. The minimum absolute atomic E-state index is 0.186. The predicted molar refractivity (Wildman–Crippen MR) is 102 cm³/mol. The van der Waals surface area contributed by atoms with E-state index in [0.29, 0.717) is 12.6 Å². The van der Waals surface area contributed by atoms with Gasteiger partial charge in [-0.15, -0.1) is 13.2 Å². The molecular weight excluding hydrogens is 369 g/mol. The fraction of sp³-hybridized carbons (Fsp3) is 0.429. The van der Waals surface area contributed by atoms with E-state index in [-0.39, 0.29) is 5.75 Å². The highest BCUT2D eigenvalue weighted by Crippen LogP contribution is 2.23. The summed E-state index contributed by atoms with van der Waals surface area (Å²) in [5.41, 5.74) is 0.993. The van der Waals surface area contributed by atoms with Crippen molar-refractivity contribution in [2.24, 2.45) is 0 Å². The first-order chi connectivity index (χ1) is 13.5. The van der Waals surface area contributed by atoms with Gasteiger partial charge in [0.05, 0.1) is 6.61 Å². The fourth-order valence-electron chi connectivity index (χ4n) is 3.34. The summed E-state index contributed by atoms with van der Waals surface area (Å²) in [4.78, 5) is 2.42. The summed E-state index contributed by atoms with van der Waals surface area (Å²) in [5, 5.41) is 3.42. The molecule has 152 valence electrons. The summed E-state index contributed by atoms with van der Waals surface area (Å²) in [6.45, 7) is 4.31. The molecule has 1 saturated heterocycles. The molecule has 1 unspecified atom stereocenters. The van der Waals surface area contributed by atoms with E-state index >= 15 is 0 Å². The average molecular weight is 394 g/mol. The van der Waals surface area contributed by atoms with Crippen LogP contribution in [-0.2, 0) is 6.42 Å². The first-order valence-electron chi connectivity index (χ1n) is 9.47. The number of hydrogen-bond donors (Lipinski definition) is 1. The van der Waals surface area contributed by atoms with Crippen molar-refractivity contribution < 1.29 is 22.6 Å². The van der Waals surface area contributed by atoms with Gasteiger partial charge in [0.2, 0.25) is 0 Å². The largest absolute Gasteiger partial charge is 0.573 e. The molecular formula is C21H25F3N2O2. The van der Waals surface area contributed by atoms with Crippen LogP contribution in [0.25, 0.3) is 0 Å². The summed E-state index contributed by atoms with van der Waals surface area (Å²) in [6, 6.07) is 16.3. The highest BCUT2D eigenvalue weighted by atomic mass is 19.4.